The van der Waals surface area contributed by atoms with Crippen molar-refractivity contribution in [1.82, 2.24) is 0 Å². The van der Waals surface area contributed by atoms with Gasteiger partial charge in [-0.15, -0.1) is 0 Å². The lowest BCUT2D eigenvalue weighted by Gasteiger charge is -2.11. The van der Waals surface area contributed by atoms with Gasteiger partial charge in [-0.2, -0.15) is 0 Å². The molecule has 0 amide bonds. The second-order valence-corrected chi connectivity index (χ2v) is 8.57. The van der Waals surface area contributed by atoms with E-state index in [4.69, 9.17) is 23.7 Å². The topological polar surface area (TPSA) is 80.3 Å². The number of unbranched alkanes of at least 4 members (excludes halogenated alkanes) is 1. The second kappa shape index (κ2) is 19.6. The summed E-state index contributed by atoms with van der Waals surface area (Å²) in [7, 11) is 0. The summed E-state index contributed by atoms with van der Waals surface area (Å²) >= 11 is 0. The van der Waals surface area contributed by atoms with Gasteiger partial charge in [0.1, 0.15) is 12.4 Å². The van der Waals surface area contributed by atoms with E-state index in [1.807, 2.05) is 0 Å². The Balaban J connectivity index is 2.32. The number of allylic oxidation sites excluding steroid dienone is 2. The summed E-state index contributed by atoms with van der Waals surface area (Å²) in [6, 6.07) is 6.91. The number of esters is 1. The summed E-state index contributed by atoms with van der Waals surface area (Å²) < 4.78 is 26.4. The Morgan fingerprint density at radius 2 is 1.63 bits per heavy atom. The molecule has 0 spiro atoms. The third-order valence-electron chi connectivity index (χ3n) is 5.04. The molecule has 1 unspecified atom stereocenters. The third-order valence-corrected chi connectivity index (χ3v) is 5.04. The van der Waals surface area contributed by atoms with Crippen LogP contribution in [0.4, 0.5) is 4.79 Å². The molecule has 1 aromatic carbocycles. The molecule has 7 nitrogen and oxygen atoms in total. The Morgan fingerprint density at radius 1 is 0.914 bits per heavy atom. The predicted octanol–water partition coefficient (Wildman–Crippen LogP) is 6.36. The van der Waals surface area contributed by atoms with Crippen LogP contribution in [0.15, 0.2) is 42.0 Å². The molecule has 1 rings (SSSR count). The second-order valence-electron chi connectivity index (χ2n) is 8.57. The molecule has 0 aliphatic carbocycles. The van der Waals surface area contributed by atoms with Crippen molar-refractivity contribution < 1.29 is 33.3 Å². The molecule has 0 radical (unpaired) electrons. The molecule has 0 N–H and O–H groups in total. The number of carbonyl (C=O) groups excluding carboxylic acids is 2. The standard InChI is InChI=1S/C28H42O7/c1-5-6-17-31-19-20-32-21-22-33-27(29)15-14-25-12-7-8-13-26(25)35-28(30)34-18-16-24(4)11-9-10-23(2)3/h7-8,10,12-15,24H,5-6,9,11,16-22H2,1-4H3/b15-14+. The minimum Gasteiger partial charge on any atom is -0.460 e. The first-order valence-corrected chi connectivity index (χ1v) is 12.5. The summed E-state index contributed by atoms with van der Waals surface area (Å²) in [5, 5.41) is 0. The Kier molecular flexibility index (Phi) is 17.1. The van der Waals surface area contributed by atoms with Gasteiger partial charge in [0.2, 0.25) is 0 Å². The molecule has 35 heavy (non-hydrogen) atoms. The normalized spacial score (nSPS) is 11.8. The van der Waals surface area contributed by atoms with E-state index in [0.29, 0.717) is 43.7 Å². The van der Waals surface area contributed by atoms with E-state index in [1.54, 1.807) is 30.3 Å². The maximum atomic E-state index is 12.1. The molecule has 0 saturated heterocycles. The van der Waals surface area contributed by atoms with Crippen molar-refractivity contribution in [1.29, 1.82) is 0 Å². The van der Waals surface area contributed by atoms with Crippen molar-refractivity contribution >= 4 is 18.2 Å². The monoisotopic (exact) mass is 490 g/mol. The molecule has 0 aliphatic heterocycles. The van der Waals surface area contributed by atoms with E-state index in [-0.39, 0.29) is 6.61 Å². The average molecular weight is 491 g/mol. The van der Waals surface area contributed by atoms with Crippen LogP contribution in [-0.2, 0) is 23.7 Å². The summed E-state index contributed by atoms with van der Waals surface area (Å²) in [6.45, 7) is 10.9. The minimum absolute atomic E-state index is 0.148. The fourth-order valence-electron chi connectivity index (χ4n) is 2.95. The SMILES string of the molecule is CCCCOCCOCCOC(=O)/C=C/c1ccccc1OC(=O)OCCC(C)CCC=C(C)C. The van der Waals surface area contributed by atoms with Crippen molar-refractivity contribution in [3.8, 4) is 5.75 Å². The van der Waals surface area contributed by atoms with E-state index in [0.717, 1.165) is 38.7 Å². The number of hydrogen-bond acceptors (Lipinski definition) is 7. The molecule has 0 fully saturated rings. The van der Waals surface area contributed by atoms with E-state index in [9.17, 15) is 9.59 Å². The number of rotatable bonds is 18. The molecule has 0 saturated carbocycles. The van der Waals surface area contributed by atoms with Crippen LogP contribution >= 0.6 is 0 Å². The first-order chi connectivity index (χ1) is 16.9. The molecular weight excluding hydrogens is 448 g/mol. The fourth-order valence-corrected chi connectivity index (χ4v) is 2.95. The fraction of sp³-hybridized carbons (Fsp3) is 0.571. The van der Waals surface area contributed by atoms with Gasteiger partial charge in [-0.05, 0) is 57.6 Å². The Morgan fingerprint density at radius 3 is 2.37 bits per heavy atom. The Hall–Kier alpha value is -2.64. The summed E-state index contributed by atoms with van der Waals surface area (Å²) in [4.78, 5) is 24.0. The summed E-state index contributed by atoms with van der Waals surface area (Å²) in [5.74, 6) is 0.251. The van der Waals surface area contributed by atoms with Crippen molar-refractivity contribution in [3.63, 3.8) is 0 Å². The third kappa shape index (κ3) is 16.6. The van der Waals surface area contributed by atoms with E-state index in [1.165, 1.54) is 11.6 Å². The zero-order chi connectivity index (χ0) is 25.7. The highest BCUT2D eigenvalue weighted by atomic mass is 16.7. The van der Waals surface area contributed by atoms with Crippen molar-refractivity contribution in [2.75, 3.05) is 39.6 Å². The minimum atomic E-state index is -0.763. The van der Waals surface area contributed by atoms with Crippen LogP contribution in [0.25, 0.3) is 6.08 Å². The molecular formula is C28H42O7. The molecule has 1 atom stereocenters. The quantitative estimate of drug-likeness (QED) is 0.0778. The van der Waals surface area contributed by atoms with Gasteiger partial charge in [-0.25, -0.2) is 9.59 Å². The van der Waals surface area contributed by atoms with Crippen LogP contribution in [0.3, 0.4) is 0 Å². The maximum absolute atomic E-state index is 12.1. The smallest absolute Gasteiger partial charge is 0.460 e. The highest BCUT2D eigenvalue weighted by molar-refractivity contribution is 5.87. The van der Waals surface area contributed by atoms with Gasteiger partial charge in [-0.1, -0.05) is 50.1 Å². The molecule has 0 aliphatic rings. The van der Waals surface area contributed by atoms with Gasteiger partial charge >= 0.3 is 12.1 Å². The highest BCUT2D eigenvalue weighted by Crippen LogP contribution is 2.20. The van der Waals surface area contributed by atoms with E-state index in [2.05, 4.69) is 33.8 Å². The molecule has 1 aromatic rings. The van der Waals surface area contributed by atoms with Gasteiger partial charge < -0.3 is 23.7 Å². The van der Waals surface area contributed by atoms with E-state index >= 15 is 0 Å². The Labute approximate surface area is 210 Å². The predicted molar refractivity (Wildman–Crippen MR) is 137 cm³/mol. The molecule has 0 aromatic heterocycles. The number of para-hydroxylation sites is 1. The number of carbonyl (C=O) groups is 2. The zero-order valence-corrected chi connectivity index (χ0v) is 21.8. The maximum Gasteiger partial charge on any atom is 0.513 e. The Bertz CT molecular complexity index is 781. The molecule has 0 bridgehead atoms. The number of benzene rings is 1. The number of hydrogen-bond donors (Lipinski definition) is 0. The van der Waals surface area contributed by atoms with Gasteiger partial charge in [0.15, 0.2) is 0 Å². The zero-order valence-electron chi connectivity index (χ0n) is 21.8. The lowest BCUT2D eigenvalue weighted by molar-refractivity contribution is -0.139. The largest absolute Gasteiger partial charge is 0.513 e. The van der Waals surface area contributed by atoms with Crippen LogP contribution in [0, 0.1) is 5.92 Å². The van der Waals surface area contributed by atoms with Crippen molar-refractivity contribution in [2.24, 2.45) is 5.92 Å². The molecule has 0 heterocycles. The van der Waals surface area contributed by atoms with Crippen LogP contribution in [-0.4, -0.2) is 51.8 Å². The lowest BCUT2D eigenvalue weighted by Crippen LogP contribution is -2.13. The first-order valence-electron chi connectivity index (χ1n) is 12.5. The van der Waals surface area contributed by atoms with Crippen LogP contribution in [0.5, 0.6) is 5.75 Å². The van der Waals surface area contributed by atoms with Crippen LogP contribution in [0.1, 0.15) is 65.4 Å². The van der Waals surface area contributed by atoms with Crippen LogP contribution in [0.2, 0.25) is 0 Å². The highest BCUT2D eigenvalue weighted by Gasteiger charge is 2.10. The van der Waals surface area contributed by atoms with Gasteiger partial charge in [0.05, 0.1) is 26.4 Å². The van der Waals surface area contributed by atoms with Crippen molar-refractivity contribution in [2.45, 2.75) is 59.8 Å². The average Bonchev–Trinajstić information content (AvgIpc) is 2.82. The lowest BCUT2D eigenvalue weighted by atomic mass is 10.0. The molecule has 7 heteroatoms. The van der Waals surface area contributed by atoms with Crippen molar-refractivity contribution in [3.05, 3.63) is 47.6 Å². The summed E-state index contributed by atoms with van der Waals surface area (Å²) in [6.07, 6.45) is 9.26. The molecule has 196 valence electrons. The van der Waals surface area contributed by atoms with Gasteiger partial charge in [0.25, 0.3) is 0 Å². The summed E-state index contributed by atoms with van der Waals surface area (Å²) in [5.41, 5.74) is 1.88. The first kappa shape index (κ1) is 30.4. The number of ether oxygens (including phenoxy) is 5. The van der Waals surface area contributed by atoms with Gasteiger partial charge in [-0.3, -0.25) is 0 Å². The van der Waals surface area contributed by atoms with E-state index < -0.39 is 12.1 Å². The van der Waals surface area contributed by atoms with Crippen LogP contribution < -0.4 is 4.74 Å². The van der Waals surface area contributed by atoms with Gasteiger partial charge in [0, 0.05) is 18.2 Å².